The number of hydrogen-bond acceptors (Lipinski definition) is 5. The molecule has 2 fully saturated rings. The summed E-state index contributed by atoms with van der Waals surface area (Å²) in [6.07, 6.45) is 7.46. The van der Waals surface area contributed by atoms with Crippen LogP contribution in [0.25, 0.3) is 10.9 Å². The summed E-state index contributed by atoms with van der Waals surface area (Å²) in [6.45, 7) is 0. The SMILES string of the molecule is C.O=c1[nH]c(CSC2CCC(O)CC2)nc2cc(NC3CCC3)ccc12. The van der Waals surface area contributed by atoms with Gasteiger partial charge >= 0.3 is 0 Å². The maximum absolute atomic E-state index is 12.3. The van der Waals surface area contributed by atoms with Crippen molar-refractivity contribution in [3.8, 4) is 0 Å². The highest BCUT2D eigenvalue weighted by Crippen LogP contribution is 2.30. The number of nitrogens with one attached hydrogen (secondary N) is 2. The van der Waals surface area contributed by atoms with Gasteiger partial charge in [0.2, 0.25) is 0 Å². The molecule has 1 aromatic heterocycles. The number of fused-ring (bicyclic) bond motifs is 1. The lowest BCUT2D eigenvalue weighted by Gasteiger charge is -2.27. The fourth-order valence-electron chi connectivity index (χ4n) is 3.54. The summed E-state index contributed by atoms with van der Waals surface area (Å²) in [6, 6.07) is 6.39. The van der Waals surface area contributed by atoms with E-state index in [0.717, 1.165) is 42.7 Å². The summed E-state index contributed by atoms with van der Waals surface area (Å²) in [5.74, 6) is 1.46. The highest BCUT2D eigenvalue weighted by molar-refractivity contribution is 7.99. The highest BCUT2D eigenvalue weighted by atomic mass is 32.2. The van der Waals surface area contributed by atoms with Gasteiger partial charge in [0.25, 0.3) is 5.56 Å². The molecule has 1 heterocycles. The summed E-state index contributed by atoms with van der Waals surface area (Å²) in [5, 5.41) is 14.3. The quantitative estimate of drug-likeness (QED) is 0.734. The van der Waals surface area contributed by atoms with Gasteiger partial charge < -0.3 is 15.4 Å². The van der Waals surface area contributed by atoms with E-state index >= 15 is 0 Å². The van der Waals surface area contributed by atoms with Crippen LogP contribution in [0.2, 0.25) is 0 Å². The number of aromatic amines is 1. The van der Waals surface area contributed by atoms with Crippen LogP contribution in [0.4, 0.5) is 5.69 Å². The van der Waals surface area contributed by atoms with Crippen molar-refractivity contribution in [2.75, 3.05) is 5.32 Å². The third-order valence-corrected chi connectivity index (χ3v) is 6.71. The van der Waals surface area contributed by atoms with E-state index in [1.165, 1.54) is 19.3 Å². The molecule has 5 nitrogen and oxygen atoms in total. The van der Waals surface area contributed by atoms with Crippen LogP contribution in [0.15, 0.2) is 23.0 Å². The Morgan fingerprint density at radius 1 is 1.19 bits per heavy atom. The van der Waals surface area contributed by atoms with Crippen molar-refractivity contribution in [2.24, 2.45) is 0 Å². The molecule has 4 rings (SSSR count). The Balaban J connectivity index is 0.00000196. The Kier molecular flexibility index (Phi) is 6.24. The first-order chi connectivity index (χ1) is 12.2. The van der Waals surface area contributed by atoms with Crippen molar-refractivity contribution in [3.63, 3.8) is 0 Å². The molecule has 2 aliphatic rings. The zero-order chi connectivity index (χ0) is 17.2. The van der Waals surface area contributed by atoms with Gasteiger partial charge in [0.1, 0.15) is 5.82 Å². The summed E-state index contributed by atoms with van der Waals surface area (Å²) in [4.78, 5) is 19.9. The van der Waals surface area contributed by atoms with Crippen molar-refractivity contribution in [1.29, 1.82) is 0 Å². The van der Waals surface area contributed by atoms with Crippen molar-refractivity contribution in [3.05, 3.63) is 34.4 Å². The molecule has 1 aromatic carbocycles. The van der Waals surface area contributed by atoms with E-state index in [-0.39, 0.29) is 19.1 Å². The second-order valence-electron chi connectivity index (χ2n) is 7.26. The first-order valence-corrected chi connectivity index (χ1v) is 10.3. The second-order valence-corrected chi connectivity index (χ2v) is 8.55. The van der Waals surface area contributed by atoms with Crippen LogP contribution in [0, 0.1) is 0 Å². The molecular formula is C20H29N3O2S. The number of aromatic nitrogens is 2. The number of hydrogen-bond donors (Lipinski definition) is 3. The lowest BCUT2D eigenvalue weighted by Crippen LogP contribution is -2.26. The van der Waals surface area contributed by atoms with Gasteiger partial charge in [-0.25, -0.2) is 4.98 Å². The standard InChI is InChI=1S/C19H25N3O2S.CH4/c23-14-5-7-15(8-6-14)25-11-18-21-17-10-13(20-12-2-1-3-12)4-9-16(17)19(24)22-18;/h4,9-10,12,14-15,20,23H,1-3,5-8,11H2,(H,21,22,24);1H4. The number of nitrogens with zero attached hydrogens (tertiary/aromatic N) is 1. The molecule has 142 valence electrons. The minimum absolute atomic E-state index is 0. The van der Waals surface area contributed by atoms with E-state index in [1.807, 2.05) is 30.0 Å². The molecule has 0 radical (unpaired) electrons. The number of thioether (sulfide) groups is 1. The molecule has 0 atom stereocenters. The molecule has 0 amide bonds. The highest BCUT2D eigenvalue weighted by Gasteiger charge is 2.20. The average Bonchev–Trinajstić information content (AvgIpc) is 2.57. The molecule has 26 heavy (non-hydrogen) atoms. The maximum atomic E-state index is 12.3. The Labute approximate surface area is 159 Å². The average molecular weight is 376 g/mol. The third-order valence-electron chi connectivity index (χ3n) is 5.33. The second kappa shape index (κ2) is 8.44. The zero-order valence-electron chi connectivity index (χ0n) is 14.3. The summed E-state index contributed by atoms with van der Waals surface area (Å²) in [5.41, 5.74) is 1.76. The van der Waals surface area contributed by atoms with Gasteiger partial charge in [0, 0.05) is 17.0 Å². The topological polar surface area (TPSA) is 78.0 Å². The summed E-state index contributed by atoms with van der Waals surface area (Å²) in [7, 11) is 0. The van der Waals surface area contributed by atoms with Gasteiger partial charge in [0.15, 0.2) is 0 Å². The van der Waals surface area contributed by atoms with Gasteiger partial charge in [-0.05, 0) is 63.1 Å². The van der Waals surface area contributed by atoms with E-state index in [9.17, 15) is 9.90 Å². The smallest absolute Gasteiger partial charge is 0.258 e. The lowest BCUT2D eigenvalue weighted by molar-refractivity contribution is 0.132. The number of H-pyrrole nitrogens is 1. The van der Waals surface area contributed by atoms with Crippen LogP contribution in [-0.2, 0) is 5.75 Å². The lowest BCUT2D eigenvalue weighted by atomic mass is 9.93. The molecule has 2 saturated carbocycles. The molecule has 0 saturated heterocycles. The van der Waals surface area contributed by atoms with Crippen molar-refractivity contribution < 1.29 is 5.11 Å². The van der Waals surface area contributed by atoms with E-state index in [1.54, 1.807) is 0 Å². The Morgan fingerprint density at radius 3 is 2.65 bits per heavy atom. The third kappa shape index (κ3) is 4.41. The molecule has 0 spiro atoms. The van der Waals surface area contributed by atoms with E-state index in [0.29, 0.717) is 22.4 Å². The van der Waals surface area contributed by atoms with Gasteiger partial charge in [-0.15, -0.1) is 0 Å². The molecule has 0 unspecified atom stereocenters. The minimum Gasteiger partial charge on any atom is -0.393 e. The molecular weight excluding hydrogens is 346 g/mol. The Morgan fingerprint density at radius 2 is 1.96 bits per heavy atom. The fourth-order valence-corrected chi connectivity index (χ4v) is 4.68. The number of rotatable bonds is 5. The van der Waals surface area contributed by atoms with E-state index in [2.05, 4.69) is 15.3 Å². The number of benzene rings is 1. The van der Waals surface area contributed by atoms with Crippen LogP contribution in [0.3, 0.4) is 0 Å². The van der Waals surface area contributed by atoms with Crippen molar-refractivity contribution in [1.82, 2.24) is 9.97 Å². The molecule has 0 aliphatic heterocycles. The van der Waals surface area contributed by atoms with Crippen molar-refractivity contribution >= 4 is 28.4 Å². The van der Waals surface area contributed by atoms with E-state index in [4.69, 9.17) is 0 Å². The number of aliphatic hydroxyl groups excluding tert-OH is 1. The maximum Gasteiger partial charge on any atom is 0.258 e. The van der Waals surface area contributed by atoms with Crippen LogP contribution in [-0.4, -0.2) is 32.5 Å². The Hall–Kier alpha value is -1.53. The first kappa shape index (κ1) is 19.2. The van der Waals surface area contributed by atoms with E-state index < -0.39 is 0 Å². The number of anilines is 1. The molecule has 3 N–H and O–H groups in total. The van der Waals surface area contributed by atoms with Gasteiger partial charge in [-0.3, -0.25) is 4.79 Å². The zero-order valence-corrected chi connectivity index (χ0v) is 15.1. The van der Waals surface area contributed by atoms with Crippen LogP contribution < -0.4 is 10.9 Å². The molecule has 0 bridgehead atoms. The predicted octanol–water partition coefficient (Wildman–Crippen LogP) is 4.06. The monoisotopic (exact) mass is 375 g/mol. The minimum atomic E-state index is -0.128. The van der Waals surface area contributed by atoms with Crippen LogP contribution >= 0.6 is 11.8 Å². The van der Waals surface area contributed by atoms with Crippen molar-refractivity contribution in [2.45, 2.75) is 75.5 Å². The largest absolute Gasteiger partial charge is 0.393 e. The first-order valence-electron chi connectivity index (χ1n) is 9.26. The predicted molar refractivity (Wildman–Crippen MR) is 110 cm³/mol. The van der Waals surface area contributed by atoms with Crippen LogP contribution in [0.1, 0.15) is 58.2 Å². The number of aliphatic hydroxyl groups is 1. The summed E-state index contributed by atoms with van der Waals surface area (Å²) >= 11 is 1.84. The Bertz CT molecular complexity index is 795. The normalized spacial score (nSPS) is 23.3. The summed E-state index contributed by atoms with van der Waals surface area (Å²) < 4.78 is 0. The van der Waals surface area contributed by atoms with Crippen LogP contribution in [0.5, 0.6) is 0 Å². The van der Waals surface area contributed by atoms with Gasteiger partial charge in [-0.2, -0.15) is 11.8 Å². The molecule has 6 heteroatoms. The fraction of sp³-hybridized carbons (Fsp3) is 0.600. The van der Waals surface area contributed by atoms with Gasteiger partial charge in [-0.1, -0.05) is 7.43 Å². The molecule has 2 aromatic rings. The molecule has 2 aliphatic carbocycles. The van der Waals surface area contributed by atoms with Gasteiger partial charge in [0.05, 0.1) is 22.8 Å².